The standard InChI is InChI=1S/C19H28N2O/c1-15-17(14-16-8-4-2-5-9-16)10-13-21(15)18(22)19(20)11-6-3-7-12-19/h2,4-5,8-9,15,17H,3,6-7,10-14,20H2,1H3. The Bertz CT molecular complexity index is 507. The molecule has 2 atom stereocenters. The van der Waals surface area contributed by atoms with E-state index in [1.54, 1.807) is 0 Å². The molecule has 22 heavy (non-hydrogen) atoms. The zero-order valence-electron chi connectivity index (χ0n) is 13.6. The van der Waals surface area contributed by atoms with Gasteiger partial charge in [-0.25, -0.2) is 0 Å². The van der Waals surface area contributed by atoms with Crippen molar-refractivity contribution >= 4 is 5.91 Å². The van der Waals surface area contributed by atoms with Gasteiger partial charge in [-0.1, -0.05) is 49.6 Å². The highest BCUT2D eigenvalue weighted by Gasteiger charge is 2.43. The topological polar surface area (TPSA) is 46.3 Å². The number of amides is 1. The van der Waals surface area contributed by atoms with E-state index in [9.17, 15) is 4.79 Å². The van der Waals surface area contributed by atoms with Crippen molar-refractivity contribution in [2.45, 2.75) is 63.5 Å². The molecule has 1 heterocycles. The normalized spacial score (nSPS) is 27.8. The molecule has 120 valence electrons. The molecule has 0 spiro atoms. The van der Waals surface area contributed by atoms with Gasteiger partial charge in [0.1, 0.15) is 0 Å². The molecule has 2 aliphatic rings. The Labute approximate surface area is 133 Å². The lowest BCUT2D eigenvalue weighted by molar-refractivity contribution is -0.139. The predicted molar refractivity (Wildman–Crippen MR) is 89.4 cm³/mol. The van der Waals surface area contributed by atoms with Crippen LogP contribution >= 0.6 is 0 Å². The molecule has 1 amide bonds. The number of nitrogens with zero attached hydrogens (tertiary/aromatic N) is 1. The first kappa shape index (κ1) is 15.5. The summed E-state index contributed by atoms with van der Waals surface area (Å²) in [6.45, 7) is 3.07. The average molecular weight is 300 g/mol. The number of nitrogens with two attached hydrogens (primary N) is 1. The zero-order chi connectivity index (χ0) is 15.6. The third kappa shape index (κ3) is 3.05. The van der Waals surface area contributed by atoms with Crippen molar-refractivity contribution in [3.63, 3.8) is 0 Å². The Morgan fingerprint density at radius 1 is 1.23 bits per heavy atom. The fraction of sp³-hybridized carbons (Fsp3) is 0.632. The van der Waals surface area contributed by atoms with Crippen molar-refractivity contribution in [2.24, 2.45) is 11.7 Å². The minimum absolute atomic E-state index is 0.204. The SMILES string of the molecule is CC1C(Cc2ccccc2)CCN1C(=O)C1(N)CCCCC1. The van der Waals surface area contributed by atoms with Gasteiger partial charge in [0.15, 0.2) is 0 Å². The molecule has 1 aliphatic heterocycles. The summed E-state index contributed by atoms with van der Waals surface area (Å²) in [6, 6.07) is 10.9. The van der Waals surface area contributed by atoms with E-state index in [-0.39, 0.29) is 5.91 Å². The Kier molecular flexibility index (Phi) is 4.53. The van der Waals surface area contributed by atoms with Gasteiger partial charge in [0, 0.05) is 12.6 Å². The molecule has 1 saturated heterocycles. The second-order valence-corrected chi connectivity index (χ2v) is 7.19. The van der Waals surface area contributed by atoms with E-state index in [0.29, 0.717) is 12.0 Å². The summed E-state index contributed by atoms with van der Waals surface area (Å²) in [5, 5.41) is 0. The van der Waals surface area contributed by atoms with Gasteiger partial charge in [-0.15, -0.1) is 0 Å². The van der Waals surface area contributed by atoms with E-state index in [0.717, 1.165) is 45.1 Å². The molecular weight excluding hydrogens is 272 g/mol. The summed E-state index contributed by atoms with van der Waals surface area (Å²) in [6.07, 6.45) is 7.28. The zero-order valence-corrected chi connectivity index (χ0v) is 13.6. The van der Waals surface area contributed by atoms with Crippen molar-refractivity contribution in [3.05, 3.63) is 35.9 Å². The van der Waals surface area contributed by atoms with Gasteiger partial charge < -0.3 is 10.6 Å². The number of hydrogen-bond acceptors (Lipinski definition) is 2. The monoisotopic (exact) mass is 300 g/mol. The van der Waals surface area contributed by atoms with Gasteiger partial charge >= 0.3 is 0 Å². The highest BCUT2D eigenvalue weighted by Crippen LogP contribution is 2.33. The second kappa shape index (κ2) is 6.41. The summed E-state index contributed by atoms with van der Waals surface area (Å²) in [5.74, 6) is 0.758. The molecule has 0 aromatic heterocycles. The molecule has 2 N–H and O–H groups in total. The largest absolute Gasteiger partial charge is 0.338 e. The quantitative estimate of drug-likeness (QED) is 0.932. The average Bonchev–Trinajstić information content (AvgIpc) is 2.89. The summed E-state index contributed by atoms with van der Waals surface area (Å²) < 4.78 is 0. The summed E-state index contributed by atoms with van der Waals surface area (Å²) >= 11 is 0. The van der Waals surface area contributed by atoms with Crippen LogP contribution < -0.4 is 5.73 Å². The fourth-order valence-electron chi connectivity index (χ4n) is 4.16. The molecule has 1 aromatic rings. The minimum Gasteiger partial charge on any atom is -0.338 e. The maximum atomic E-state index is 12.9. The van der Waals surface area contributed by atoms with Crippen LogP contribution in [0, 0.1) is 5.92 Å². The van der Waals surface area contributed by atoms with Crippen molar-refractivity contribution in [1.82, 2.24) is 4.90 Å². The number of likely N-dealkylation sites (tertiary alicyclic amines) is 1. The van der Waals surface area contributed by atoms with Gasteiger partial charge in [0.25, 0.3) is 0 Å². The second-order valence-electron chi connectivity index (χ2n) is 7.19. The van der Waals surface area contributed by atoms with Crippen molar-refractivity contribution in [2.75, 3.05) is 6.54 Å². The summed E-state index contributed by atoms with van der Waals surface area (Å²) in [5.41, 5.74) is 7.23. The van der Waals surface area contributed by atoms with E-state index in [1.165, 1.54) is 12.0 Å². The lowest BCUT2D eigenvalue weighted by Crippen LogP contribution is -2.57. The van der Waals surface area contributed by atoms with E-state index >= 15 is 0 Å². The molecule has 2 fully saturated rings. The van der Waals surface area contributed by atoms with Gasteiger partial charge in [-0.2, -0.15) is 0 Å². The van der Waals surface area contributed by atoms with Crippen LogP contribution in [0.2, 0.25) is 0 Å². The Morgan fingerprint density at radius 2 is 1.91 bits per heavy atom. The van der Waals surface area contributed by atoms with E-state index in [1.807, 2.05) is 0 Å². The number of carbonyl (C=O) groups is 1. The number of carbonyl (C=O) groups excluding carboxylic acids is 1. The van der Waals surface area contributed by atoms with Crippen LogP contribution in [0.25, 0.3) is 0 Å². The van der Waals surface area contributed by atoms with Crippen LogP contribution in [-0.2, 0) is 11.2 Å². The first-order valence-corrected chi connectivity index (χ1v) is 8.74. The number of hydrogen-bond donors (Lipinski definition) is 1. The van der Waals surface area contributed by atoms with Crippen LogP contribution in [-0.4, -0.2) is 28.9 Å². The third-order valence-electron chi connectivity index (χ3n) is 5.69. The third-order valence-corrected chi connectivity index (χ3v) is 5.69. The van der Waals surface area contributed by atoms with Gasteiger partial charge in [-0.05, 0) is 44.1 Å². The molecule has 3 rings (SSSR count). The highest BCUT2D eigenvalue weighted by atomic mass is 16.2. The van der Waals surface area contributed by atoms with Gasteiger partial charge in [0.2, 0.25) is 5.91 Å². The Balaban J connectivity index is 1.65. The minimum atomic E-state index is -0.589. The van der Waals surface area contributed by atoms with E-state index in [4.69, 9.17) is 5.73 Å². The van der Waals surface area contributed by atoms with Gasteiger partial charge in [0.05, 0.1) is 5.54 Å². The van der Waals surface area contributed by atoms with Crippen molar-refractivity contribution < 1.29 is 4.79 Å². The van der Waals surface area contributed by atoms with Gasteiger partial charge in [-0.3, -0.25) is 4.79 Å². The first-order valence-electron chi connectivity index (χ1n) is 8.74. The molecule has 1 saturated carbocycles. The maximum absolute atomic E-state index is 12.9. The lowest BCUT2D eigenvalue weighted by Gasteiger charge is -2.37. The first-order chi connectivity index (χ1) is 10.6. The molecule has 1 aliphatic carbocycles. The van der Waals surface area contributed by atoms with Crippen molar-refractivity contribution in [3.8, 4) is 0 Å². The molecule has 3 nitrogen and oxygen atoms in total. The molecule has 2 unspecified atom stereocenters. The fourth-order valence-corrected chi connectivity index (χ4v) is 4.16. The van der Waals surface area contributed by atoms with Crippen LogP contribution in [0.4, 0.5) is 0 Å². The Morgan fingerprint density at radius 3 is 2.59 bits per heavy atom. The van der Waals surface area contributed by atoms with Crippen LogP contribution in [0.1, 0.15) is 51.0 Å². The van der Waals surface area contributed by atoms with E-state index < -0.39 is 5.54 Å². The molecule has 0 radical (unpaired) electrons. The molecule has 1 aromatic carbocycles. The Hall–Kier alpha value is -1.35. The number of rotatable bonds is 3. The molecular formula is C19H28N2O. The van der Waals surface area contributed by atoms with Crippen LogP contribution in [0.15, 0.2) is 30.3 Å². The van der Waals surface area contributed by atoms with E-state index in [2.05, 4.69) is 42.2 Å². The highest BCUT2D eigenvalue weighted by molar-refractivity contribution is 5.86. The maximum Gasteiger partial charge on any atom is 0.242 e. The molecule has 0 bridgehead atoms. The summed E-state index contributed by atoms with van der Waals surface area (Å²) in [4.78, 5) is 15.0. The van der Waals surface area contributed by atoms with Crippen LogP contribution in [0.3, 0.4) is 0 Å². The smallest absolute Gasteiger partial charge is 0.242 e. The van der Waals surface area contributed by atoms with Crippen LogP contribution in [0.5, 0.6) is 0 Å². The van der Waals surface area contributed by atoms with Crippen molar-refractivity contribution in [1.29, 1.82) is 0 Å². The number of benzene rings is 1. The molecule has 3 heteroatoms. The lowest BCUT2D eigenvalue weighted by atomic mass is 9.81. The predicted octanol–water partition coefficient (Wildman–Crippen LogP) is 3.13. The summed E-state index contributed by atoms with van der Waals surface area (Å²) in [7, 11) is 0.